The average Bonchev–Trinajstić information content (AvgIpc) is 2.13. The van der Waals surface area contributed by atoms with Crippen LogP contribution >= 0.6 is 0 Å². The second-order valence-electron chi connectivity index (χ2n) is 5.41. The van der Waals surface area contributed by atoms with Crippen molar-refractivity contribution in [2.45, 2.75) is 65.1 Å². The van der Waals surface area contributed by atoms with Crippen LogP contribution in [0.1, 0.15) is 48.0 Å². The van der Waals surface area contributed by atoms with Crippen LogP contribution in [0.25, 0.3) is 0 Å². The molecule has 96 valence electrons. The minimum atomic E-state index is -0.871. The third-order valence-corrected chi connectivity index (χ3v) is 3.24. The van der Waals surface area contributed by atoms with Gasteiger partial charge in [-0.2, -0.15) is 0 Å². The van der Waals surface area contributed by atoms with Gasteiger partial charge in [0.1, 0.15) is 0 Å². The number of aliphatic hydroxyl groups is 1. The summed E-state index contributed by atoms with van der Waals surface area (Å²) in [7, 11) is 0. The SMILES string of the molecule is CCC(C)NC(=O)CNC(C)(C)C(C)(C)O. The van der Waals surface area contributed by atoms with E-state index in [9.17, 15) is 9.90 Å². The second kappa shape index (κ2) is 5.64. The lowest BCUT2D eigenvalue weighted by Gasteiger charge is -2.38. The molecule has 0 rings (SSSR count). The molecule has 3 N–H and O–H groups in total. The zero-order valence-electron chi connectivity index (χ0n) is 11.3. The predicted molar refractivity (Wildman–Crippen MR) is 66.3 cm³/mol. The molecular formula is C12H26N2O2. The topological polar surface area (TPSA) is 61.4 Å². The van der Waals surface area contributed by atoms with Gasteiger partial charge < -0.3 is 15.7 Å². The first-order chi connectivity index (χ1) is 7.10. The highest BCUT2D eigenvalue weighted by Crippen LogP contribution is 2.19. The Hall–Kier alpha value is -0.610. The molecule has 0 aliphatic rings. The second-order valence-corrected chi connectivity index (χ2v) is 5.41. The summed E-state index contributed by atoms with van der Waals surface area (Å²) >= 11 is 0. The summed E-state index contributed by atoms with van der Waals surface area (Å²) < 4.78 is 0. The van der Waals surface area contributed by atoms with Gasteiger partial charge in [0.05, 0.1) is 12.1 Å². The van der Waals surface area contributed by atoms with E-state index in [2.05, 4.69) is 10.6 Å². The summed E-state index contributed by atoms with van der Waals surface area (Å²) in [5.74, 6) is -0.0355. The monoisotopic (exact) mass is 230 g/mol. The summed E-state index contributed by atoms with van der Waals surface area (Å²) in [6.45, 7) is 11.4. The minimum Gasteiger partial charge on any atom is -0.389 e. The first-order valence-corrected chi connectivity index (χ1v) is 5.87. The van der Waals surface area contributed by atoms with Crippen molar-refractivity contribution in [3.8, 4) is 0 Å². The van der Waals surface area contributed by atoms with Gasteiger partial charge in [0.25, 0.3) is 0 Å². The standard InChI is InChI=1S/C12H26N2O2/c1-7-9(2)14-10(15)8-13-11(3,4)12(5,6)16/h9,13,16H,7-8H2,1-6H3,(H,14,15). The summed E-state index contributed by atoms with van der Waals surface area (Å²) in [6, 6.07) is 0.194. The summed E-state index contributed by atoms with van der Waals surface area (Å²) in [5, 5.41) is 15.8. The number of rotatable bonds is 6. The van der Waals surface area contributed by atoms with Gasteiger partial charge in [-0.3, -0.25) is 4.79 Å². The summed E-state index contributed by atoms with van der Waals surface area (Å²) in [5.41, 5.74) is -1.37. The van der Waals surface area contributed by atoms with Gasteiger partial charge in [-0.05, 0) is 41.0 Å². The molecule has 0 aromatic carbocycles. The molecule has 0 fully saturated rings. The molecule has 0 heterocycles. The molecule has 0 aliphatic heterocycles. The quantitative estimate of drug-likeness (QED) is 0.639. The molecule has 16 heavy (non-hydrogen) atoms. The highest BCUT2D eigenvalue weighted by molar-refractivity contribution is 5.78. The first kappa shape index (κ1) is 15.4. The zero-order valence-corrected chi connectivity index (χ0v) is 11.3. The van der Waals surface area contributed by atoms with Crippen molar-refractivity contribution in [1.82, 2.24) is 10.6 Å². The van der Waals surface area contributed by atoms with Crippen LogP contribution in [-0.2, 0) is 4.79 Å². The smallest absolute Gasteiger partial charge is 0.234 e. The molecule has 0 aromatic heterocycles. The van der Waals surface area contributed by atoms with E-state index in [1.807, 2.05) is 27.7 Å². The van der Waals surface area contributed by atoms with Gasteiger partial charge in [-0.15, -0.1) is 0 Å². The van der Waals surface area contributed by atoms with E-state index in [4.69, 9.17) is 0 Å². The maximum Gasteiger partial charge on any atom is 0.234 e. The summed E-state index contributed by atoms with van der Waals surface area (Å²) in [4.78, 5) is 11.5. The first-order valence-electron chi connectivity index (χ1n) is 5.87. The number of amides is 1. The largest absolute Gasteiger partial charge is 0.389 e. The van der Waals surface area contributed by atoms with Crippen LogP contribution in [0.2, 0.25) is 0 Å². The maximum atomic E-state index is 11.5. The van der Waals surface area contributed by atoms with Crippen LogP contribution in [0.15, 0.2) is 0 Å². The Kier molecular flexibility index (Phi) is 5.42. The predicted octanol–water partition coefficient (Wildman–Crippen LogP) is 1.04. The Bertz CT molecular complexity index is 232. The normalized spacial score (nSPS) is 14.7. The van der Waals surface area contributed by atoms with Gasteiger partial charge in [0.2, 0.25) is 5.91 Å². The van der Waals surface area contributed by atoms with E-state index in [1.165, 1.54) is 0 Å². The fourth-order valence-electron chi connectivity index (χ4n) is 0.945. The maximum absolute atomic E-state index is 11.5. The molecular weight excluding hydrogens is 204 g/mol. The fraction of sp³-hybridized carbons (Fsp3) is 0.917. The van der Waals surface area contributed by atoms with Crippen LogP contribution in [0.3, 0.4) is 0 Å². The van der Waals surface area contributed by atoms with Crippen LogP contribution < -0.4 is 10.6 Å². The van der Waals surface area contributed by atoms with Crippen LogP contribution in [0.4, 0.5) is 0 Å². The minimum absolute atomic E-state index is 0.0355. The van der Waals surface area contributed by atoms with E-state index in [0.717, 1.165) is 6.42 Å². The Morgan fingerprint density at radius 3 is 2.19 bits per heavy atom. The van der Waals surface area contributed by atoms with Gasteiger partial charge in [-0.1, -0.05) is 6.92 Å². The van der Waals surface area contributed by atoms with Crippen molar-refractivity contribution in [2.75, 3.05) is 6.54 Å². The number of nitrogens with one attached hydrogen (secondary N) is 2. The van der Waals surface area contributed by atoms with E-state index in [-0.39, 0.29) is 18.5 Å². The van der Waals surface area contributed by atoms with E-state index in [1.54, 1.807) is 13.8 Å². The van der Waals surface area contributed by atoms with Crippen molar-refractivity contribution in [3.63, 3.8) is 0 Å². The molecule has 0 bridgehead atoms. The van der Waals surface area contributed by atoms with Crippen molar-refractivity contribution in [1.29, 1.82) is 0 Å². The highest BCUT2D eigenvalue weighted by Gasteiger charge is 2.34. The average molecular weight is 230 g/mol. The Labute approximate surface area is 98.8 Å². The lowest BCUT2D eigenvalue weighted by Crippen LogP contribution is -2.58. The molecule has 1 unspecified atom stereocenters. The summed E-state index contributed by atoms with van der Waals surface area (Å²) in [6.07, 6.45) is 0.917. The molecule has 1 amide bonds. The molecule has 0 saturated carbocycles. The van der Waals surface area contributed by atoms with Crippen LogP contribution in [0, 0.1) is 0 Å². The van der Waals surface area contributed by atoms with Crippen molar-refractivity contribution >= 4 is 5.91 Å². The number of hydrogen-bond donors (Lipinski definition) is 3. The number of carbonyl (C=O) groups is 1. The third kappa shape index (κ3) is 4.94. The lowest BCUT2D eigenvalue weighted by atomic mass is 9.86. The van der Waals surface area contributed by atoms with Gasteiger partial charge in [0.15, 0.2) is 0 Å². The Morgan fingerprint density at radius 2 is 1.81 bits per heavy atom. The van der Waals surface area contributed by atoms with Gasteiger partial charge >= 0.3 is 0 Å². The molecule has 4 heteroatoms. The van der Waals surface area contributed by atoms with Crippen molar-refractivity contribution < 1.29 is 9.90 Å². The molecule has 0 spiro atoms. The Balaban J connectivity index is 4.11. The fourth-order valence-corrected chi connectivity index (χ4v) is 0.945. The molecule has 0 saturated heterocycles. The molecule has 0 aromatic rings. The van der Waals surface area contributed by atoms with E-state index in [0.29, 0.717) is 0 Å². The van der Waals surface area contributed by atoms with Crippen LogP contribution in [-0.4, -0.2) is 34.7 Å². The van der Waals surface area contributed by atoms with Gasteiger partial charge in [0, 0.05) is 11.6 Å². The van der Waals surface area contributed by atoms with Crippen molar-refractivity contribution in [3.05, 3.63) is 0 Å². The molecule has 1 atom stereocenters. The van der Waals surface area contributed by atoms with Crippen molar-refractivity contribution in [2.24, 2.45) is 0 Å². The molecule has 0 radical (unpaired) electrons. The van der Waals surface area contributed by atoms with E-state index < -0.39 is 11.1 Å². The lowest BCUT2D eigenvalue weighted by molar-refractivity contribution is -0.121. The molecule has 4 nitrogen and oxygen atoms in total. The third-order valence-electron chi connectivity index (χ3n) is 3.24. The Morgan fingerprint density at radius 1 is 1.31 bits per heavy atom. The zero-order chi connectivity index (χ0) is 13.0. The number of carbonyl (C=O) groups excluding carboxylic acids is 1. The van der Waals surface area contributed by atoms with E-state index >= 15 is 0 Å². The highest BCUT2D eigenvalue weighted by atomic mass is 16.3. The van der Waals surface area contributed by atoms with Crippen LogP contribution in [0.5, 0.6) is 0 Å². The van der Waals surface area contributed by atoms with Gasteiger partial charge in [-0.25, -0.2) is 0 Å². The molecule has 0 aliphatic carbocycles. The number of hydrogen-bond acceptors (Lipinski definition) is 3.